The van der Waals surface area contributed by atoms with Gasteiger partial charge >= 0.3 is 0 Å². The second-order valence-electron chi connectivity index (χ2n) is 3.36. The van der Waals surface area contributed by atoms with Crippen molar-refractivity contribution < 1.29 is 0 Å². The van der Waals surface area contributed by atoms with E-state index in [1.165, 1.54) is 5.57 Å². The van der Waals surface area contributed by atoms with E-state index in [1.54, 1.807) is 5.57 Å². The zero-order valence-corrected chi connectivity index (χ0v) is 7.85. The lowest BCUT2D eigenvalue weighted by Gasteiger charge is -2.24. The highest BCUT2D eigenvalue weighted by Crippen LogP contribution is 2.09. The van der Waals surface area contributed by atoms with Gasteiger partial charge in [-0.1, -0.05) is 11.5 Å². The van der Waals surface area contributed by atoms with Crippen molar-refractivity contribution in [1.29, 1.82) is 0 Å². The van der Waals surface area contributed by atoms with Gasteiger partial charge < -0.3 is 5.32 Å². The summed E-state index contributed by atoms with van der Waals surface area (Å²) in [4.78, 5) is 2.15. The van der Waals surface area contributed by atoms with Crippen molar-refractivity contribution in [3.63, 3.8) is 0 Å². The number of nitrogens with zero attached hydrogens (tertiary/aromatic N) is 1. The minimum Gasteiger partial charge on any atom is -0.309 e. The number of nitrogens with one attached hydrogen (secondary N) is 1. The molecule has 0 radical (unpaired) electrons. The molecule has 0 spiro atoms. The molecule has 1 aliphatic rings. The van der Waals surface area contributed by atoms with Gasteiger partial charge in [0.25, 0.3) is 0 Å². The monoisotopic (exact) mass is 164 g/mol. The molecule has 1 heterocycles. The Kier molecular flexibility index (Phi) is 3.33. The summed E-state index contributed by atoms with van der Waals surface area (Å²) in [6.45, 7) is 6.05. The fourth-order valence-corrected chi connectivity index (χ4v) is 1.28. The first-order valence-corrected chi connectivity index (χ1v) is 4.24. The maximum atomic E-state index is 5.21. The number of terminal acetylenes is 1. The molecule has 2 nitrogen and oxygen atoms in total. The third kappa shape index (κ3) is 2.37. The van der Waals surface area contributed by atoms with Crippen molar-refractivity contribution in [2.45, 2.75) is 6.92 Å². The average molecular weight is 164 g/mol. The van der Waals surface area contributed by atoms with E-state index >= 15 is 0 Å². The first-order valence-electron chi connectivity index (χ1n) is 4.24. The lowest BCUT2D eigenvalue weighted by molar-refractivity contribution is 0.405. The van der Waals surface area contributed by atoms with Crippen LogP contribution in [-0.4, -0.2) is 38.1 Å². The van der Waals surface area contributed by atoms with Crippen molar-refractivity contribution in [2.75, 3.05) is 33.2 Å². The van der Waals surface area contributed by atoms with E-state index in [1.807, 2.05) is 0 Å². The zero-order chi connectivity index (χ0) is 8.97. The highest BCUT2D eigenvalue weighted by Gasteiger charge is 2.11. The standard InChI is InChI=1S/C10H16N2/c1-4-5-12(3)8-9(2)10-6-11-7-10/h1,11H,5-8H2,2-3H3. The molecule has 0 amide bonds. The quantitative estimate of drug-likeness (QED) is 0.482. The Hall–Kier alpha value is -0.780. The maximum absolute atomic E-state index is 5.21. The predicted octanol–water partition coefficient (Wildman–Crippen LogP) is 0.471. The first-order chi connectivity index (χ1) is 5.74. The Morgan fingerprint density at radius 3 is 2.75 bits per heavy atom. The predicted molar refractivity (Wildman–Crippen MR) is 51.9 cm³/mol. The molecule has 12 heavy (non-hydrogen) atoms. The summed E-state index contributed by atoms with van der Waals surface area (Å²) in [6.07, 6.45) is 5.21. The van der Waals surface area contributed by atoms with Gasteiger partial charge in [0, 0.05) is 19.6 Å². The highest BCUT2D eigenvalue weighted by atomic mass is 15.1. The van der Waals surface area contributed by atoms with Gasteiger partial charge in [-0.3, -0.25) is 4.90 Å². The number of rotatable bonds is 3. The topological polar surface area (TPSA) is 15.3 Å². The Morgan fingerprint density at radius 2 is 2.33 bits per heavy atom. The van der Waals surface area contributed by atoms with Crippen LogP contribution in [-0.2, 0) is 0 Å². The van der Waals surface area contributed by atoms with Crippen molar-refractivity contribution in [3.05, 3.63) is 11.1 Å². The summed E-state index contributed by atoms with van der Waals surface area (Å²) < 4.78 is 0. The molecular formula is C10H16N2. The van der Waals surface area contributed by atoms with E-state index in [-0.39, 0.29) is 0 Å². The van der Waals surface area contributed by atoms with Crippen molar-refractivity contribution >= 4 is 0 Å². The van der Waals surface area contributed by atoms with Crippen molar-refractivity contribution in [3.8, 4) is 12.3 Å². The van der Waals surface area contributed by atoms with Crippen LogP contribution in [0.5, 0.6) is 0 Å². The summed E-state index contributed by atoms with van der Waals surface area (Å²) in [7, 11) is 2.05. The van der Waals surface area contributed by atoms with Crippen molar-refractivity contribution in [1.82, 2.24) is 10.2 Å². The van der Waals surface area contributed by atoms with Gasteiger partial charge in [-0.15, -0.1) is 6.42 Å². The minimum atomic E-state index is 0.734. The summed E-state index contributed by atoms with van der Waals surface area (Å²) in [6, 6.07) is 0. The van der Waals surface area contributed by atoms with E-state index in [9.17, 15) is 0 Å². The van der Waals surface area contributed by atoms with Gasteiger partial charge in [0.15, 0.2) is 0 Å². The molecule has 0 aromatic heterocycles. The lowest BCUT2D eigenvalue weighted by Crippen LogP contribution is -2.36. The molecule has 1 fully saturated rings. The normalized spacial score (nSPS) is 15.7. The molecule has 0 aromatic carbocycles. The average Bonchev–Trinajstić information content (AvgIpc) is 1.82. The molecule has 2 heteroatoms. The van der Waals surface area contributed by atoms with Gasteiger partial charge in [0.05, 0.1) is 6.54 Å². The summed E-state index contributed by atoms with van der Waals surface area (Å²) in [5.74, 6) is 2.64. The molecule has 1 aliphatic heterocycles. The molecule has 0 unspecified atom stereocenters. The summed E-state index contributed by atoms with van der Waals surface area (Å²) >= 11 is 0. The zero-order valence-electron chi connectivity index (χ0n) is 7.85. The summed E-state index contributed by atoms with van der Waals surface area (Å²) in [5, 5.41) is 3.23. The van der Waals surface area contributed by atoms with E-state index in [2.05, 4.69) is 30.1 Å². The van der Waals surface area contributed by atoms with Gasteiger partial charge in [0.2, 0.25) is 0 Å². The van der Waals surface area contributed by atoms with E-state index in [0.29, 0.717) is 0 Å². The molecule has 0 aromatic rings. The maximum Gasteiger partial charge on any atom is 0.0599 e. The largest absolute Gasteiger partial charge is 0.309 e. The molecule has 66 valence electrons. The van der Waals surface area contributed by atoms with Gasteiger partial charge in [-0.25, -0.2) is 0 Å². The van der Waals surface area contributed by atoms with Crippen molar-refractivity contribution in [2.24, 2.45) is 0 Å². The van der Waals surface area contributed by atoms with E-state index < -0.39 is 0 Å². The summed E-state index contributed by atoms with van der Waals surface area (Å²) in [5.41, 5.74) is 3.00. The SMILES string of the molecule is C#CCN(C)CC(C)=C1CNC1. The molecule has 1 rings (SSSR count). The second kappa shape index (κ2) is 4.30. The van der Waals surface area contributed by atoms with Gasteiger partial charge in [-0.2, -0.15) is 0 Å². The van der Waals surface area contributed by atoms with Crippen LogP contribution >= 0.6 is 0 Å². The molecule has 0 saturated carbocycles. The fourth-order valence-electron chi connectivity index (χ4n) is 1.28. The Balaban J connectivity index is 2.35. The number of hydrogen-bond donors (Lipinski definition) is 1. The van der Waals surface area contributed by atoms with Crippen LogP contribution in [0.4, 0.5) is 0 Å². The van der Waals surface area contributed by atoms with Crippen LogP contribution in [0.1, 0.15) is 6.92 Å². The van der Waals surface area contributed by atoms with Gasteiger partial charge in [0.1, 0.15) is 0 Å². The lowest BCUT2D eigenvalue weighted by atomic mass is 10.0. The second-order valence-corrected chi connectivity index (χ2v) is 3.36. The molecular weight excluding hydrogens is 148 g/mol. The van der Waals surface area contributed by atoms with Crippen LogP contribution in [0.15, 0.2) is 11.1 Å². The Morgan fingerprint density at radius 1 is 1.67 bits per heavy atom. The molecule has 0 bridgehead atoms. The van der Waals surface area contributed by atoms with Gasteiger partial charge in [-0.05, 0) is 19.5 Å². The molecule has 1 saturated heterocycles. The molecule has 1 N–H and O–H groups in total. The van der Waals surface area contributed by atoms with Crippen LogP contribution in [0, 0.1) is 12.3 Å². The van der Waals surface area contributed by atoms with Crippen LogP contribution in [0.25, 0.3) is 0 Å². The molecule has 0 aliphatic carbocycles. The Labute approximate surface area is 74.6 Å². The van der Waals surface area contributed by atoms with E-state index in [4.69, 9.17) is 6.42 Å². The third-order valence-electron chi connectivity index (χ3n) is 2.15. The Bertz CT molecular complexity index is 216. The smallest absolute Gasteiger partial charge is 0.0599 e. The fraction of sp³-hybridized carbons (Fsp3) is 0.600. The first kappa shape index (κ1) is 9.31. The number of likely N-dealkylation sites (N-methyl/N-ethyl adjacent to an activating group) is 1. The highest BCUT2D eigenvalue weighted by molar-refractivity contribution is 5.22. The third-order valence-corrected chi connectivity index (χ3v) is 2.15. The van der Waals surface area contributed by atoms with Crippen LogP contribution in [0.2, 0.25) is 0 Å². The number of hydrogen-bond acceptors (Lipinski definition) is 2. The van der Waals surface area contributed by atoms with Crippen LogP contribution in [0.3, 0.4) is 0 Å². The van der Waals surface area contributed by atoms with Crippen LogP contribution < -0.4 is 5.32 Å². The van der Waals surface area contributed by atoms with E-state index in [0.717, 1.165) is 26.2 Å². The minimum absolute atomic E-state index is 0.734. The molecule has 0 atom stereocenters.